The van der Waals surface area contributed by atoms with Crippen LogP contribution in [0.25, 0.3) is 6.08 Å². The normalized spacial score (nSPS) is 24.9. The highest BCUT2D eigenvalue weighted by Crippen LogP contribution is 2.50. The van der Waals surface area contributed by atoms with Gasteiger partial charge in [0, 0.05) is 44.7 Å². The third kappa shape index (κ3) is 3.27. The third-order valence-electron chi connectivity index (χ3n) is 5.92. The predicted octanol–water partition coefficient (Wildman–Crippen LogP) is 4.33. The summed E-state index contributed by atoms with van der Waals surface area (Å²) >= 11 is 0. The summed E-state index contributed by atoms with van der Waals surface area (Å²) in [4.78, 5) is 16.7. The molecule has 29 heavy (non-hydrogen) atoms. The van der Waals surface area contributed by atoms with Crippen molar-refractivity contribution in [2.75, 3.05) is 26.0 Å². The number of nitrogens with zero attached hydrogens (tertiary/aromatic N) is 2. The van der Waals surface area contributed by atoms with E-state index >= 15 is 0 Å². The van der Waals surface area contributed by atoms with Crippen LogP contribution in [0.1, 0.15) is 30.4 Å². The van der Waals surface area contributed by atoms with Crippen molar-refractivity contribution in [2.24, 2.45) is 0 Å². The molecule has 0 spiro atoms. The minimum Gasteiger partial charge on any atom is -0.507 e. The highest BCUT2D eigenvalue weighted by Gasteiger charge is 2.50. The van der Waals surface area contributed by atoms with Crippen LogP contribution in [0.5, 0.6) is 5.75 Å². The van der Waals surface area contributed by atoms with Crippen molar-refractivity contribution < 1.29 is 14.6 Å². The molecule has 2 aromatic carbocycles. The monoisotopic (exact) mass is 390 g/mol. The van der Waals surface area contributed by atoms with Gasteiger partial charge in [-0.05, 0) is 36.8 Å². The Balaban J connectivity index is 1.72. The number of likely N-dealkylation sites (tertiary alicyclic amines) is 1. The van der Waals surface area contributed by atoms with E-state index in [0.717, 1.165) is 22.6 Å². The highest BCUT2D eigenvalue weighted by atomic mass is 16.5. The molecular formula is C24H26N2O3. The lowest BCUT2D eigenvalue weighted by Crippen LogP contribution is -2.59. The van der Waals surface area contributed by atoms with Crippen LogP contribution in [0, 0.1) is 0 Å². The molecule has 0 saturated carbocycles. The number of hydrogen-bond donors (Lipinski definition) is 1. The van der Waals surface area contributed by atoms with E-state index in [0.29, 0.717) is 12.0 Å². The number of para-hydroxylation sites is 1. The summed E-state index contributed by atoms with van der Waals surface area (Å²) in [6.07, 6.45) is 4.05. The number of aliphatic hydroxyl groups excluding tert-OH is 1. The Labute approximate surface area is 171 Å². The molecule has 150 valence electrons. The quantitative estimate of drug-likeness (QED) is 0.626. The van der Waals surface area contributed by atoms with Crippen LogP contribution < -0.4 is 9.64 Å². The van der Waals surface area contributed by atoms with Crippen LogP contribution in [0.3, 0.4) is 0 Å². The average Bonchev–Trinajstić information content (AvgIpc) is 2.71. The largest absolute Gasteiger partial charge is 0.507 e. The maximum Gasteiger partial charge on any atom is 0.256 e. The van der Waals surface area contributed by atoms with Gasteiger partial charge in [0.25, 0.3) is 5.91 Å². The maximum atomic E-state index is 13.1. The Morgan fingerprint density at radius 2 is 1.90 bits per heavy atom. The topological polar surface area (TPSA) is 53.0 Å². The number of carbonyl (C=O) groups is 1. The molecule has 1 amide bonds. The summed E-state index contributed by atoms with van der Waals surface area (Å²) in [7, 11) is 5.71. The lowest BCUT2D eigenvalue weighted by molar-refractivity contribution is -0.153. The zero-order chi connectivity index (χ0) is 20.8. The molecule has 2 atom stereocenters. The second-order valence-corrected chi connectivity index (χ2v) is 8.05. The smallest absolute Gasteiger partial charge is 0.256 e. The third-order valence-corrected chi connectivity index (χ3v) is 5.92. The lowest BCUT2D eigenvalue weighted by atomic mass is 9.77. The van der Waals surface area contributed by atoms with Crippen LogP contribution in [-0.2, 0) is 4.79 Å². The zero-order valence-electron chi connectivity index (χ0n) is 17.2. The Kier molecular flexibility index (Phi) is 4.61. The fourth-order valence-corrected chi connectivity index (χ4v) is 4.07. The first-order valence-electron chi connectivity index (χ1n) is 9.75. The van der Waals surface area contributed by atoms with E-state index in [4.69, 9.17) is 4.74 Å². The molecule has 2 bridgehead atoms. The molecule has 1 fully saturated rings. The van der Waals surface area contributed by atoms with Gasteiger partial charge in [0.1, 0.15) is 11.5 Å². The molecule has 0 unspecified atom stereocenters. The molecule has 2 aliphatic rings. The van der Waals surface area contributed by atoms with E-state index in [1.807, 2.05) is 80.5 Å². The van der Waals surface area contributed by atoms with Crippen molar-refractivity contribution in [3.63, 3.8) is 0 Å². The number of carbonyl (C=O) groups excluding carboxylic acids is 1. The number of ether oxygens (including phenoxy) is 1. The molecule has 0 radical (unpaired) electrons. The molecule has 0 aromatic heterocycles. The van der Waals surface area contributed by atoms with Crippen LogP contribution in [-0.4, -0.2) is 42.8 Å². The van der Waals surface area contributed by atoms with Crippen molar-refractivity contribution >= 4 is 17.7 Å². The van der Waals surface area contributed by atoms with E-state index in [9.17, 15) is 9.90 Å². The number of hydrogen-bond acceptors (Lipinski definition) is 4. The second kappa shape index (κ2) is 6.99. The van der Waals surface area contributed by atoms with Crippen LogP contribution in [0.15, 0.2) is 65.9 Å². The summed E-state index contributed by atoms with van der Waals surface area (Å²) in [5.41, 5.74) is 2.70. The van der Waals surface area contributed by atoms with Crippen LogP contribution >= 0.6 is 0 Å². The van der Waals surface area contributed by atoms with Gasteiger partial charge in [0.15, 0.2) is 5.72 Å². The minimum atomic E-state index is -0.717. The van der Waals surface area contributed by atoms with E-state index in [2.05, 4.69) is 0 Å². The van der Waals surface area contributed by atoms with Gasteiger partial charge in [0.2, 0.25) is 0 Å². The summed E-state index contributed by atoms with van der Waals surface area (Å²) < 4.78 is 6.14. The molecule has 0 aliphatic carbocycles. The number of likely N-dealkylation sites (N-methyl/N-ethyl adjacent to an activating group) is 1. The van der Waals surface area contributed by atoms with Gasteiger partial charge in [-0.25, -0.2) is 0 Å². The molecule has 1 N–H and O–H groups in total. The second-order valence-electron chi connectivity index (χ2n) is 8.05. The predicted molar refractivity (Wildman–Crippen MR) is 115 cm³/mol. The summed E-state index contributed by atoms with van der Waals surface area (Å²) in [6, 6.07) is 15.7. The number of allylic oxidation sites excluding steroid dienone is 1. The minimum absolute atomic E-state index is 0.00212. The van der Waals surface area contributed by atoms with Gasteiger partial charge in [-0.15, -0.1) is 0 Å². The van der Waals surface area contributed by atoms with Crippen molar-refractivity contribution in [3.05, 3.63) is 77.1 Å². The van der Waals surface area contributed by atoms with Gasteiger partial charge in [-0.3, -0.25) is 4.79 Å². The number of fused-ring (bicyclic) bond motifs is 4. The number of aliphatic hydroxyl groups is 1. The highest BCUT2D eigenvalue weighted by molar-refractivity contribution is 5.98. The van der Waals surface area contributed by atoms with Gasteiger partial charge in [-0.1, -0.05) is 36.4 Å². The first-order valence-corrected chi connectivity index (χ1v) is 9.75. The van der Waals surface area contributed by atoms with E-state index in [1.165, 1.54) is 0 Å². The Bertz CT molecular complexity index is 1010. The summed E-state index contributed by atoms with van der Waals surface area (Å²) in [6.45, 7) is 1.92. The van der Waals surface area contributed by atoms with Crippen LogP contribution in [0.4, 0.5) is 5.69 Å². The number of rotatable bonds is 3. The number of amides is 1. The first kappa shape index (κ1) is 19.1. The molecular weight excluding hydrogens is 364 g/mol. The van der Waals surface area contributed by atoms with Gasteiger partial charge in [0.05, 0.1) is 5.57 Å². The number of piperidine rings is 1. The lowest BCUT2D eigenvalue weighted by Gasteiger charge is -2.49. The van der Waals surface area contributed by atoms with Gasteiger partial charge in [-0.2, -0.15) is 0 Å². The zero-order valence-corrected chi connectivity index (χ0v) is 17.2. The molecule has 1 saturated heterocycles. The fourth-order valence-electron chi connectivity index (χ4n) is 4.07. The molecule has 5 heteroatoms. The average molecular weight is 390 g/mol. The molecule has 5 nitrogen and oxygen atoms in total. The molecule has 2 aromatic rings. The van der Waals surface area contributed by atoms with Gasteiger partial charge >= 0.3 is 0 Å². The maximum absolute atomic E-state index is 13.1. The standard InChI is InChI=1S/C24H26N2O3/c1-24-15-19(18-7-5-6-8-21(18)29-24)22(23(28)26(24)4)20(27)14-11-16-9-12-17(13-10-16)25(2)3/h5-14,19,27H,15H2,1-4H3/b14-11+,22-20-/t19-,24+/m0/s1. The Morgan fingerprint density at radius 3 is 2.59 bits per heavy atom. The Hall–Kier alpha value is -3.21. The summed E-state index contributed by atoms with van der Waals surface area (Å²) in [5.74, 6) is 0.360. The van der Waals surface area contributed by atoms with Crippen molar-refractivity contribution in [3.8, 4) is 5.75 Å². The van der Waals surface area contributed by atoms with Crippen molar-refractivity contribution in [2.45, 2.75) is 25.0 Å². The fraction of sp³-hybridized carbons (Fsp3) is 0.292. The Morgan fingerprint density at radius 1 is 1.21 bits per heavy atom. The van der Waals surface area contributed by atoms with Gasteiger partial charge < -0.3 is 19.6 Å². The van der Waals surface area contributed by atoms with Crippen LogP contribution in [0.2, 0.25) is 0 Å². The molecule has 4 rings (SSSR count). The van der Waals surface area contributed by atoms with E-state index in [1.54, 1.807) is 18.0 Å². The van der Waals surface area contributed by atoms with Crippen molar-refractivity contribution in [1.82, 2.24) is 4.90 Å². The number of benzene rings is 2. The van der Waals surface area contributed by atoms with E-state index < -0.39 is 5.72 Å². The molecule has 2 heterocycles. The molecule has 2 aliphatic heterocycles. The summed E-state index contributed by atoms with van der Waals surface area (Å²) in [5, 5.41) is 10.9. The number of anilines is 1. The first-order chi connectivity index (χ1) is 13.8. The van der Waals surface area contributed by atoms with E-state index in [-0.39, 0.29) is 17.6 Å². The SMILES string of the molecule is CN(C)c1ccc(/C=C/C(O)=C2/C(=O)N(C)[C@@]3(C)C[C@H]2c2ccccc2O3)cc1. The van der Waals surface area contributed by atoms with Crippen molar-refractivity contribution in [1.29, 1.82) is 0 Å².